The van der Waals surface area contributed by atoms with E-state index in [1.54, 1.807) is 11.0 Å². The van der Waals surface area contributed by atoms with Gasteiger partial charge in [-0.15, -0.1) is 0 Å². The summed E-state index contributed by atoms with van der Waals surface area (Å²) >= 11 is 0. The molecule has 0 unspecified atom stereocenters. The molecule has 34 heavy (non-hydrogen) atoms. The van der Waals surface area contributed by atoms with Crippen molar-refractivity contribution in [1.29, 1.82) is 0 Å². The summed E-state index contributed by atoms with van der Waals surface area (Å²) in [6, 6.07) is 11.2. The highest BCUT2D eigenvalue weighted by Crippen LogP contribution is 2.30. The zero-order valence-electron chi connectivity index (χ0n) is 18.5. The Morgan fingerprint density at radius 1 is 1.15 bits per heavy atom. The van der Waals surface area contributed by atoms with Gasteiger partial charge in [-0.3, -0.25) is 4.79 Å². The lowest BCUT2D eigenvalue weighted by atomic mass is 9.89. The molecule has 2 aromatic carbocycles. The Labute approximate surface area is 194 Å². The van der Waals surface area contributed by atoms with Crippen molar-refractivity contribution in [3.63, 3.8) is 0 Å². The van der Waals surface area contributed by atoms with Gasteiger partial charge in [0.15, 0.2) is 23.0 Å². The number of amides is 1. The number of oxazole rings is 1. The first-order chi connectivity index (χ1) is 16.5. The van der Waals surface area contributed by atoms with Gasteiger partial charge in [-0.2, -0.15) is 4.98 Å². The Hall–Kier alpha value is -3.88. The van der Waals surface area contributed by atoms with E-state index in [-0.39, 0.29) is 28.9 Å². The molecule has 1 aliphatic heterocycles. The largest absolute Gasteiger partial charge is 0.424 e. The fourth-order valence-electron chi connectivity index (χ4n) is 4.45. The van der Waals surface area contributed by atoms with Gasteiger partial charge in [-0.05, 0) is 49.1 Å². The second-order valence-corrected chi connectivity index (χ2v) is 8.44. The molecular formula is C25H23F2N5O2. The number of hydrogen-bond acceptors (Lipinski definition) is 6. The van der Waals surface area contributed by atoms with Gasteiger partial charge in [-0.25, -0.2) is 18.7 Å². The molecule has 1 saturated heterocycles. The molecule has 9 heteroatoms. The number of aromatic nitrogens is 3. The third kappa shape index (κ3) is 4.21. The van der Waals surface area contributed by atoms with Gasteiger partial charge < -0.3 is 14.6 Å². The molecule has 2 aromatic heterocycles. The van der Waals surface area contributed by atoms with Crippen LogP contribution < -0.4 is 5.32 Å². The number of halogens is 2. The number of anilines is 1. The topological polar surface area (TPSA) is 84.2 Å². The maximum Gasteiger partial charge on any atom is 0.295 e. The van der Waals surface area contributed by atoms with Gasteiger partial charge in [0.25, 0.3) is 11.9 Å². The molecule has 0 spiro atoms. The summed E-state index contributed by atoms with van der Waals surface area (Å²) in [4.78, 5) is 28.1. The Kier molecular flexibility index (Phi) is 5.91. The van der Waals surface area contributed by atoms with E-state index >= 15 is 0 Å². The minimum atomic E-state index is -1.09. The first-order valence-corrected chi connectivity index (χ1v) is 11.2. The van der Waals surface area contributed by atoms with E-state index in [2.05, 4.69) is 27.2 Å². The predicted octanol–water partition coefficient (Wildman–Crippen LogP) is 4.92. The van der Waals surface area contributed by atoms with E-state index in [1.165, 1.54) is 12.4 Å². The summed E-state index contributed by atoms with van der Waals surface area (Å²) in [5, 5.41) is 3.21. The summed E-state index contributed by atoms with van der Waals surface area (Å²) in [5.74, 6) is -2.20. The number of piperidine rings is 1. The molecule has 3 heterocycles. The van der Waals surface area contributed by atoms with Crippen molar-refractivity contribution in [3.05, 3.63) is 72.1 Å². The number of nitrogens with zero attached hydrogens (tertiary/aromatic N) is 4. The highest BCUT2D eigenvalue weighted by molar-refractivity contribution is 6.00. The molecule has 0 radical (unpaired) electrons. The number of para-hydroxylation sites is 2. The van der Waals surface area contributed by atoms with E-state index in [9.17, 15) is 13.6 Å². The van der Waals surface area contributed by atoms with Crippen LogP contribution in [0.3, 0.4) is 0 Å². The lowest BCUT2D eigenvalue weighted by Crippen LogP contribution is -2.51. The molecule has 0 saturated carbocycles. The molecule has 2 atom stereocenters. The number of rotatable bonds is 5. The number of benzene rings is 2. The molecule has 0 bridgehead atoms. The Balaban J connectivity index is 1.44. The summed E-state index contributed by atoms with van der Waals surface area (Å²) in [5.41, 5.74) is 1.60. The van der Waals surface area contributed by atoms with Crippen molar-refractivity contribution in [2.75, 3.05) is 18.4 Å². The average molecular weight is 463 g/mol. The second-order valence-electron chi connectivity index (χ2n) is 8.44. The Morgan fingerprint density at radius 2 is 1.91 bits per heavy atom. The van der Waals surface area contributed by atoms with Gasteiger partial charge in [-0.1, -0.05) is 19.1 Å². The van der Waals surface area contributed by atoms with Crippen molar-refractivity contribution in [1.82, 2.24) is 19.9 Å². The smallest absolute Gasteiger partial charge is 0.295 e. The van der Waals surface area contributed by atoms with Crippen molar-refractivity contribution >= 4 is 23.0 Å². The highest BCUT2D eigenvalue weighted by atomic mass is 19.2. The van der Waals surface area contributed by atoms with Crippen molar-refractivity contribution in [2.45, 2.75) is 25.8 Å². The van der Waals surface area contributed by atoms with Gasteiger partial charge in [0, 0.05) is 31.0 Å². The highest BCUT2D eigenvalue weighted by Gasteiger charge is 2.34. The third-order valence-corrected chi connectivity index (χ3v) is 6.23. The lowest BCUT2D eigenvalue weighted by Gasteiger charge is -2.40. The van der Waals surface area contributed by atoms with E-state index in [0.29, 0.717) is 24.7 Å². The van der Waals surface area contributed by atoms with Crippen molar-refractivity contribution in [2.24, 2.45) is 5.92 Å². The van der Waals surface area contributed by atoms with Crippen LogP contribution in [0.15, 0.2) is 59.3 Å². The number of carbonyl (C=O) groups excluding carboxylic acids is 1. The van der Waals surface area contributed by atoms with E-state index < -0.39 is 17.5 Å². The van der Waals surface area contributed by atoms with Gasteiger partial charge in [0.05, 0.1) is 11.6 Å². The minimum absolute atomic E-state index is 0.0334. The first-order valence-electron chi connectivity index (χ1n) is 11.2. The normalized spacial score (nSPS) is 18.3. The molecule has 4 aromatic rings. The monoisotopic (exact) mass is 463 g/mol. The quantitative estimate of drug-likeness (QED) is 0.453. The van der Waals surface area contributed by atoms with Crippen LogP contribution in [0.2, 0.25) is 0 Å². The van der Waals surface area contributed by atoms with Crippen LogP contribution in [0.1, 0.15) is 30.1 Å². The van der Waals surface area contributed by atoms with Gasteiger partial charge in [0.1, 0.15) is 5.52 Å². The van der Waals surface area contributed by atoms with Crippen LogP contribution in [-0.2, 0) is 0 Å². The molecule has 1 amide bonds. The van der Waals surface area contributed by atoms with E-state index in [1.807, 2.05) is 24.3 Å². The molecule has 1 N–H and O–H groups in total. The van der Waals surface area contributed by atoms with Crippen LogP contribution in [0.5, 0.6) is 0 Å². The average Bonchev–Trinajstić information content (AvgIpc) is 3.27. The molecule has 7 nitrogen and oxygen atoms in total. The lowest BCUT2D eigenvalue weighted by molar-refractivity contribution is 0.0539. The van der Waals surface area contributed by atoms with Crippen molar-refractivity contribution < 1.29 is 18.0 Å². The molecule has 174 valence electrons. The fourth-order valence-corrected chi connectivity index (χ4v) is 4.45. The zero-order chi connectivity index (χ0) is 23.7. The Morgan fingerprint density at radius 3 is 2.71 bits per heavy atom. The zero-order valence-corrected chi connectivity index (χ0v) is 18.5. The van der Waals surface area contributed by atoms with Crippen LogP contribution in [-0.4, -0.2) is 44.9 Å². The SMILES string of the molecule is C[C@@H]1CCCN(C(=O)c2cc(F)c(F)cc2-c2ncccn2)[C@@H]1CNc1nc2ccccc2o1. The maximum atomic E-state index is 14.2. The standard InChI is InChI=1S/C25H23F2N5O2/c1-15-6-4-11-32(21(15)14-30-25-31-20-7-2-3-8-22(20)34-25)24(33)17-13-19(27)18(26)12-16(17)23-28-9-5-10-29-23/h2-3,5,7-10,12-13,15,21H,4,6,11,14H2,1H3,(H,30,31)/t15-,21-/m1/s1. The van der Waals surface area contributed by atoms with Gasteiger partial charge >= 0.3 is 0 Å². The molecular weight excluding hydrogens is 440 g/mol. The minimum Gasteiger partial charge on any atom is -0.424 e. The van der Waals surface area contributed by atoms with Crippen LogP contribution in [0.4, 0.5) is 14.8 Å². The Bertz CT molecular complexity index is 1290. The molecule has 1 fully saturated rings. The third-order valence-electron chi connectivity index (χ3n) is 6.23. The van der Waals surface area contributed by atoms with Crippen LogP contribution >= 0.6 is 0 Å². The predicted molar refractivity (Wildman–Crippen MR) is 123 cm³/mol. The number of carbonyl (C=O) groups is 1. The molecule has 1 aliphatic rings. The number of hydrogen-bond donors (Lipinski definition) is 1. The van der Waals surface area contributed by atoms with E-state index in [4.69, 9.17) is 4.42 Å². The second kappa shape index (κ2) is 9.17. The van der Waals surface area contributed by atoms with Crippen molar-refractivity contribution in [3.8, 4) is 11.4 Å². The fraction of sp³-hybridized carbons (Fsp3) is 0.280. The number of fused-ring (bicyclic) bond motifs is 1. The maximum absolute atomic E-state index is 14.2. The number of nitrogens with one attached hydrogen (secondary N) is 1. The first kappa shape index (κ1) is 21.9. The molecule has 0 aliphatic carbocycles. The summed E-state index contributed by atoms with van der Waals surface area (Å²) in [7, 11) is 0. The number of likely N-dealkylation sites (tertiary alicyclic amines) is 1. The molecule has 5 rings (SSSR count). The summed E-state index contributed by atoms with van der Waals surface area (Å²) in [6.07, 6.45) is 4.74. The van der Waals surface area contributed by atoms with Crippen LogP contribution in [0.25, 0.3) is 22.5 Å². The summed E-state index contributed by atoms with van der Waals surface area (Å²) < 4.78 is 34.1. The van der Waals surface area contributed by atoms with Gasteiger partial charge in [0.2, 0.25) is 0 Å². The summed E-state index contributed by atoms with van der Waals surface area (Å²) in [6.45, 7) is 2.97. The van der Waals surface area contributed by atoms with E-state index in [0.717, 1.165) is 30.5 Å². The van der Waals surface area contributed by atoms with Crippen LogP contribution in [0, 0.1) is 17.6 Å².